The predicted molar refractivity (Wildman–Crippen MR) is 112 cm³/mol. The first-order chi connectivity index (χ1) is 13.2. The van der Waals surface area contributed by atoms with E-state index in [1.807, 2.05) is 30.3 Å². The van der Waals surface area contributed by atoms with Gasteiger partial charge in [0.1, 0.15) is 12.4 Å². The van der Waals surface area contributed by atoms with Crippen LogP contribution in [0.3, 0.4) is 0 Å². The minimum absolute atomic E-state index is 0.162. The van der Waals surface area contributed by atoms with Gasteiger partial charge in [0.25, 0.3) is 0 Å². The molecular weight excluding hydrogens is 334 g/mol. The molecule has 0 bridgehead atoms. The van der Waals surface area contributed by atoms with Crippen molar-refractivity contribution in [1.29, 1.82) is 0 Å². The second-order valence-corrected chi connectivity index (χ2v) is 7.32. The third kappa shape index (κ3) is 7.51. The van der Waals surface area contributed by atoms with E-state index in [1.54, 1.807) is 0 Å². The van der Waals surface area contributed by atoms with Gasteiger partial charge in [-0.2, -0.15) is 0 Å². The van der Waals surface area contributed by atoms with Crippen LogP contribution < -0.4 is 10.1 Å². The zero-order chi connectivity index (χ0) is 19.3. The Balaban J connectivity index is 1.64. The van der Waals surface area contributed by atoms with Crippen LogP contribution >= 0.6 is 0 Å². The Morgan fingerprint density at radius 1 is 1.26 bits per heavy atom. The van der Waals surface area contributed by atoms with Crippen LogP contribution in [0.5, 0.6) is 5.75 Å². The van der Waals surface area contributed by atoms with E-state index in [9.17, 15) is 4.79 Å². The van der Waals surface area contributed by atoms with Crippen molar-refractivity contribution in [3.05, 3.63) is 42.5 Å². The second-order valence-electron chi connectivity index (χ2n) is 7.32. The molecule has 1 fully saturated rings. The molecule has 27 heavy (non-hydrogen) atoms. The average molecular weight is 368 g/mol. The minimum Gasteiger partial charge on any atom is -0.481 e. The van der Waals surface area contributed by atoms with Crippen molar-refractivity contribution in [3.8, 4) is 17.6 Å². The SMILES string of the molecule is C=CCc1ccccc1OCC#CCNC(=O)C1CCC(CCCC)CC1. The van der Waals surface area contributed by atoms with Crippen LogP contribution in [0, 0.1) is 23.7 Å². The number of benzene rings is 1. The molecule has 3 heteroatoms. The molecule has 1 aromatic carbocycles. The molecule has 0 aromatic heterocycles. The molecule has 0 spiro atoms. The summed E-state index contributed by atoms with van der Waals surface area (Å²) < 4.78 is 5.72. The third-order valence-electron chi connectivity index (χ3n) is 5.30. The van der Waals surface area contributed by atoms with Crippen molar-refractivity contribution in [3.63, 3.8) is 0 Å². The smallest absolute Gasteiger partial charge is 0.223 e. The van der Waals surface area contributed by atoms with Crippen molar-refractivity contribution in [1.82, 2.24) is 5.32 Å². The Morgan fingerprint density at radius 3 is 2.78 bits per heavy atom. The topological polar surface area (TPSA) is 38.3 Å². The lowest BCUT2D eigenvalue weighted by Gasteiger charge is -2.27. The summed E-state index contributed by atoms with van der Waals surface area (Å²) in [5.41, 5.74) is 1.11. The Morgan fingerprint density at radius 2 is 2.04 bits per heavy atom. The molecule has 146 valence electrons. The highest BCUT2D eigenvalue weighted by atomic mass is 16.5. The normalized spacial score (nSPS) is 18.9. The number of unbranched alkanes of at least 4 members (excludes halogenated alkanes) is 1. The van der Waals surface area contributed by atoms with Gasteiger partial charge in [-0.3, -0.25) is 4.79 Å². The summed E-state index contributed by atoms with van der Waals surface area (Å²) in [6.45, 7) is 6.73. The summed E-state index contributed by atoms with van der Waals surface area (Å²) in [6.07, 6.45) is 11.0. The molecular formula is C24H33NO2. The van der Waals surface area contributed by atoms with Crippen molar-refractivity contribution in [2.45, 2.75) is 58.3 Å². The maximum absolute atomic E-state index is 12.3. The summed E-state index contributed by atoms with van der Waals surface area (Å²) in [5, 5.41) is 2.96. The van der Waals surface area contributed by atoms with E-state index >= 15 is 0 Å². The molecule has 2 rings (SSSR count). The number of ether oxygens (including phenoxy) is 1. The van der Waals surface area contributed by atoms with Gasteiger partial charge >= 0.3 is 0 Å². The minimum atomic E-state index is 0.162. The summed E-state index contributed by atoms with van der Waals surface area (Å²) in [4.78, 5) is 12.3. The summed E-state index contributed by atoms with van der Waals surface area (Å²) in [7, 11) is 0. The monoisotopic (exact) mass is 367 g/mol. The summed E-state index contributed by atoms with van der Waals surface area (Å²) in [6, 6.07) is 7.91. The van der Waals surface area contributed by atoms with E-state index in [2.05, 4.69) is 30.7 Å². The molecule has 0 saturated heterocycles. The van der Waals surface area contributed by atoms with Gasteiger partial charge in [-0.1, -0.05) is 62.3 Å². The highest BCUT2D eigenvalue weighted by Crippen LogP contribution is 2.31. The first-order valence-electron chi connectivity index (χ1n) is 10.3. The predicted octanol–water partition coefficient (Wildman–Crippen LogP) is 4.91. The summed E-state index contributed by atoms with van der Waals surface area (Å²) in [5.74, 6) is 7.97. The van der Waals surface area contributed by atoms with Gasteiger partial charge < -0.3 is 10.1 Å². The maximum Gasteiger partial charge on any atom is 0.223 e. The first kappa shape index (κ1) is 21.1. The van der Waals surface area contributed by atoms with Gasteiger partial charge in [-0.15, -0.1) is 6.58 Å². The lowest BCUT2D eigenvalue weighted by molar-refractivity contribution is -0.125. The fraction of sp³-hybridized carbons (Fsp3) is 0.542. The van der Waals surface area contributed by atoms with Crippen LogP contribution in [0.1, 0.15) is 57.4 Å². The van der Waals surface area contributed by atoms with Crippen molar-refractivity contribution in [2.75, 3.05) is 13.2 Å². The number of hydrogen-bond donors (Lipinski definition) is 1. The number of rotatable bonds is 9. The fourth-order valence-electron chi connectivity index (χ4n) is 3.68. The van der Waals surface area contributed by atoms with Gasteiger partial charge in [0.15, 0.2) is 0 Å². The van der Waals surface area contributed by atoms with Gasteiger partial charge in [-0.05, 0) is 49.7 Å². The highest BCUT2D eigenvalue weighted by Gasteiger charge is 2.25. The first-order valence-corrected chi connectivity index (χ1v) is 10.3. The van der Waals surface area contributed by atoms with E-state index in [1.165, 1.54) is 32.1 Å². The number of nitrogens with one attached hydrogen (secondary N) is 1. The van der Waals surface area contributed by atoms with Crippen LogP contribution in [-0.4, -0.2) is 19.1 Å². The average Bonchev–Trinajstić information content (AvgIpc) is 2.70. The van der Waals surface area contributed by atoms with Gasteiger partial charge in [0.05, 0.1) is 6.54 Å². The molecule has 1 amide bonds. The van der Waals surface area contributed by atoms with Gasteiger partial charge in [-0.25, -0.2) is 0 Å². The van der Waals surface area contributed by atoms with Crippen molar-refractivity contribution in [2.24, 2.45) is 11.8 Å². The fourth-order valence-corrected chi connectivity index (χ4v) is 3.68. The van der Waals surface area contributed by atoms with Crippen LogP contribution in [0.15, 0.2) is 36.9 Å². The van der Waals surface area contributed by atoms with E-state index in [0.717, 1.165) is 36.5 Å². The zero-order valence-electron chi connectivity index (χ0n) is 16.6. The van der Waals surface area contributed by atoms with E-state index in [0.29, 0.717) is 13.2 Å². The van der Waals surface area contributed by atoms with Crippen molar-refractivity contribution < 1.29 is 9.53 Å². The molecule has 0 aliphatic heterocycles. The molecule has 1 saturated carbocycles. The van der Waals surface area contributed by atoms with Crippen LogP contribution in [0.4, 0.5) is 0 Å². The number of carbonyl (C=O) groups is 1. The summed E-state index contributed by atoms with van der Waals surface area (Å²) >= 11 is 0. The molecule has 0 heterocycles. The third-order valence-corrected chi connectivity index (χ3v) is 5.30. The molecule has 1 aromatic rings. The Kier molecular flexibility index (Phi) is 9.55. The largest absolute Gasteiger partial charge is 0.481 e. The number of carbonyl (C=O) groups excluding carboxylic acids is 1. The van der Waals surface area contributed by atoms with E-state index < -0.39 is 0 Å². The number of allylic oxidation sites excluding steroid dienone is 1. The van der Waals surface area contributed by atoms with Crippen LogP contribution in [0.25, 0.3) is 0 Å². The number of amides is 1. The molecule has 0 atom stereocenters. The molecule has 1 N–H and O–H groups in total. The lowest BCUT2D eigenvalue weighted by Crippen LogP contribution is -2.33. The van der Waals surface area contributed by atoms with Gasteiger partial charge in [0.2, 0.25) is 5.91 Å². The molecule has 0 radical (unpaired) electrons. The van der Waals surface area contributed by atoms with E-state index in [4.69, 9.17) is 4.74 Å². The standard InChI is InChI=1S/C24H33NO2/c1-3-5-11-20-14-16-22(17-15-20)24(26)25-18-8-9-19-27-23-13-7-6-12-21(23)10-4-2/h4,6-7,12-13,20,22H,2-3,5,10-11,14-19H2,1H3,(H,25,26). The molecule has 1 aliphatic carbocycles. The maximum atomic E-state index is 12.3. The Labute approximate surface area is 164 Å². The van der Waals surface area contributed by atoms with Gasteiger partial charge in [0, 0.05) is 5.92 Å². The van der Waals surface area contributed by atoms with Crippen molar-refractivity contribution >= 4 is 5.91 Å². The zero-order valence-corrected chi connectivity index (χ0v) is 16.6. The Hall–Kier alpha value is -2.21. The number of para-hydroxylation sites is 1. The van der Waals surface area contributed by atoms with E-state index in [-0.39, 0.29) is 11.8 Å². The second kappa shape index (κ2) is 12.2. The molecule has 0 unspecified atom stereocenters. The van der Waals surface area contributed by atoms with Crippen LogP contribution in [0.2, 0.25) is 0 Å². The highest BCUT2D eigenvalue weighted by molar-refractivity contribution is 5.78. The molecule has 1 aliphatic rings. The van der Waals surface area contributed by atoms with Crippen LogP contribution in [-0.2, 0) is 11.2 Å². The number of hydrogen-bond acceptors (Lipinski definition) is 2. The Bertz CT molecular complexity index is 648. The lowest BCUT2D eigenvalue weighted by atomic mass is 9.79. The quantitative estimate of drug-likeness (QED) is 0.497. The molecule has 3 nitrogen and oxygen atoms in total.